The molecule has 0 spiro atoms. The summed E-state index contributed by atoms with van der Waals surface area (Å²) in [5, 5.41) is 14.0. The summed E-state index contributed by atoms with van der Waals surface area (Å²) >= 11 is 0. The molecule has 3 aromatic rings. The number of hydrogen-bond donors (Lipinski definition) is 1. The van der Waals surface area contributed by atoms with E-state index in [1.54, 1.807) is 37.4 Å². The highest BCUT2D eigenvalue weighted by Crippen LogP contribution is 2.29. The van der Waals surface area contributed by atoms with Crippen LogP contribution in [0.2, 0.25) is 0 Å². The Bertz CT molecular complexity index is 978. The number of methoxy groups -OCH3 is 1. The molecule has 144 valence electrons. The average Bonchev–Trinajstić information content (AvgIpc) is 2.71. The zero-order chi connectivity index (χ0) is 19.9. The van der Waals surface area contributed by atoms with Gasteiger partial charge in [-0.2, -0.15) is 0 Å². The minimum Gasteiger partial charge on any atom is -0.493 e. The van der Waals surface area contributed by atoms with Crippen molar-refractivity contribution in [1.82, 2.24) is 0 Å². The van der Waals surface area contributed by atoms with Crippen molar-refractivity contribution >= 4 is 11.4 Å². The number of non-ortho nitro benzene ring substituents is 1. The van der Waals surface area contributed by atoms with Gasteiger partial charge in [-0.25, -0.2) is 4.39 Å². The van der Waals surface area contributed by atoms with Gasteiger partial charge in [0, 0.05) is 24.4 Å². The summed E-state index contributed by atoms with van der Waals surface area (Å²) < 4.78 is 24.4. The second-order valence-corrected chi connectivity index (χ2v) is 6.06. The van der Waals surface area contributed by atoms with Crippen LogP contribution in [0.3, 0.4) is 0 Å². The lowest BCUT2D eigenvalue weighted by Gasteiger charge is -2.13. The molecule has 0 heterocycles. The molecular weight excluding hydrogens is 363 g/mol. The summed E-state index contributed by atoms with van der Waals surface area (Å²) in [6.45, 7) is 0.682. The maximum Gasteiger partial charge on any atom is 0.271 e. The molecule has 0 aliphatic carbocycles. The number of hydrogen-bond acceptors (Lipinski definition) is 5. The Labute approximate surface area is 161 Å². The number of nitrogens with zero attached hydrogens (tertiary/aromatic N) is 1. The van der Waals surface area contributed by atoms with Gasteiger partial charge < -0.3 is 14.8 Å². The molecule has 7 heteroatoms. The Hall–Kier alpha value is -3.61. The lowest BCUT2D eigenvalue weighted by molar-refractivity contribution is -0.384. The van der Waals surface area contributed by atoms with E-state index in [0.29, 0.717) is 23.7 Å². The van der Waals surface area contributed by atoms with E-state index in [4.69, 9.17) is 9.47 Å². The number of benzene rings is 3. The lowest BCUT2D eigenvalue weighted by Crippen LogP contribution is -2.02. The predicted octanol–water partition coefficient (Wildman–Crippen LogP) is 4.93. The van der Waals surface area contributed by atoms with Gasteiger partial charge in [-0.1, -0.05) is 24.3 Å². The molecule has 6 nitrogen and oxygen atoms in total. The fraction of sp³-hybridized carbons (Fsp3) is 0.143. The van der Waals surface area contributed by atoms with Crippen LogP contribution in [0, 0.1) is 15.9 Å². The molecule has 0 atom stereocenters. The van der Waals surface area contributed by atoms with E-state index in [-0.39, 0.29) is 18.1 Å². The van der Waals surface area contributed by atoms with Crippen LogP contribution in [0.5, 0.6) is 11.5 Å². The number of nitro groups is 1. The van der Waals surface area contributed by atoms with Crippen LogP contribution >= 0.6 is 0 Å². The fourth-order valence-electron chi connectivity index (χ4n) is 2.66. The highest BCUT2D eigenvalue weighted by Gasteiger charge is 2.08. The summed E-state index contributed by atoms with van der Waals surface area (Å²) in [7, 11) is 1.54. The second-order valence-electron chi connectivity index (χ2n) is 6.06. The average molecular weight is 382 g/mol. The Morgan fingerprint density at radius 1 is 1.00 bits per heavy atom. The Kier molecular flexibility index (Phi) is 6.06. The van der Waals surface area contributed by atoms with Gasteiger partial charge in [-0.15, -0.1) is 0 Å². The SMILES string of the molecule is COc1cc(CNc2cccc([N+](=O)[O-])c2)ccc1OCc1cccc(F)c1. The van der Waals surface area contributed by atoms with Crippen molar-refractivity contribution in [2.75, 3.05) is 12.4 Å². The van der Waals surface area contributed by atoms with E-state index in [1.165, 1.54) is 24.3 Å². The fourth-order valence-corrected chi connectivity index (χ4v) is 2.66. The number of halogens is 1. The van der Waals surface area contributed by atoms with E-state index >= 15 is 0 Å². The first-order valence-electron chi connectivity index (χ1n) is 8.57. The van der Waals surface area contributed by atoms with Crippen molar-refractivity contribution in [1.29, 1.82) is 0 Å². The topological polar surface area (TPSA) is 73.6 Å². The van der Waals surface area contributed by atoms with Crippen molar-refractivity contribution in [3.8, 4) is 11.5 Å². The molecule has 0 aliphatic rings. The van der Waals surface area contributed by atoms with Crippen LogP contribution in [0.25, 0.3) is 0 Å². The molecule has 0 fully saturated rings. The number of ether oxygens (including phenoxy) is 2. The molecule has 0 radical (unpaired) electrons. The molecule has 1 N–H and O–H groups in total. The number of nitrogens with one attached hydrogen (secondary N) is 1. The summed E-state index contributed by atoms with van der Waals surface area (Å²) in [6, 6.07) is 18.0. The minimum absolute atomic E-state index is 0.0312. The summed E-state index contributed by atoms with van der Waals surface area (Å²) in [6.07, 6.45) is 0. The van der Waals surface area contributed by atoms with Crippen molar-refractivity contribution in [3.63, 3.8) is 0 Å². The third kappa shape index (κ3) is 4.97. The van der Waals surface area contributed by atoms with Crippen molar-refractivity contribution in [3.05, 3.63) is 93.8 Å². The largest absolute Gasteiger partial charge is 0.493 e. The van der Waals surface area contributed by atoms with Crippen LogP contribution < -0.4 is 14.8 Å². The van der Waals surface area contributed by atoms with Gasteiger partial charge in [-0.05, 0) is 41.5 Å². The monoisotopic (exact) mass is 382 g/mol. The molecule has 3 rings (SSSR count). The van der Waals surface area contributed by atoms with Gasteiger partial charge >= 0.3 is 0 Å². The van der Waals surface area contributed by atoms with Crippen LogP contribution in [0.1, 0.15) is 11.1 Å². The number of anilines is 1. The van der Waals surface area contributed by atoms with Crippen LogP contribution in [-0.4, -0.2) is 12.0 Å². The molecule has 0 amide bonds. The first kappa shape index (κ1) is 19.2. The molecule has 0 unspecified atom stereocenters. The molecule has 0 aromatic heterocycles. The van der Waals surface area contributed by atoms with E-state index in [0.717, 1.165) is 11.1 Å². The van der Waals surface area contributed by atoms with Gasteiger partial charge in [0.05, 0.1) is 12.0 Å². The molecule has 3 aromatic carbocycles. The van der Waals surface area contributed by atoms with Gasteiger partial charge in [0.15, 0.2) is 11.5 Å². The zero-order valence-electron chi connectivity index (χ0n) is 15.2. The predicted molar refractivity (Wildman–Crippen MR) is 104 cm³/mol. The third-order valence-electron chi connectivity index (χ3n) is 4.07. The first-order chi connectivity index (χ1) is 13.5. The molecule has 0 bridgehead atoms. The maximum atomic E-state index is 13.3. The van der Waals surface area contributed by atoms with Crippen LogP contribution in [0.4, 0.5) is 15.8 Å². The van der Waals surface area contributed by atoms with Crippen molar-refractivity contribution < 1.29 is 18.8 Å². The smallest absolute Gasteiger partial charge is 0.271 e. The summed E-state index contributed by atoms with van der Waals surface area (Å²) in [5.74, 6) is 0.788. The van der Waals surface area contributed by atoms with E-state index in [9.17, 15) is 14.5 Å². The highest BCUT2D eigenvalue weighted by molar-refractivity contribution is 5.52. The second kappa shape index (κ2) is 8.85. The highest BCUT2D eigenvalue weighted by atomic mass is 19.1. The van der Waals surface area contributed by atoms with Crippen molar-refractivity contribution in [2.45, 2.75) is 13.2 Å². The molecule has 0 aliphatic heterocycles. The van der Waals surface area contributed by atoms with Crippen molar-refractivity contribution in [2.24, 2.45) is 0 Å². The molecule has 28 heavy (non-hydrogen) atoms. The Morgan fingerprint density at radius 3 is 2.57 bits per heavy atom. The Morgan fingerprint density at radius 2 is 1.82 bits per heavy atom. The van der Waals surface area contributed by atoms with Gasteiger partial charge in [0.1, 0.15) is 12.4 Å². The van der Waals surface area contributed by atoms with Crippen LogP contribution in [0.15, 0.2) is 66.7 Å². The van der Waals surface area contributed by atoms with Crippen LogP contribution in [-0.2, 0) is 13.2 Å². The zero-order valence-corrected chi connectivity index (χ0v) is 15.2. The Balaban J connectivity index is 1.65. The summed E-state index contributed by atoms with van der Waals surface area (Å²) in [4.78, 5) is 10.4. The van der Waals surface area contributed by atoms with Gasteiger partial charge in [-0.3, -0.25) is 10.1 Å². The van der Waals surface area contributed by atoms with Gasteiger partial charge in [0.25, 0.3) is 5.69 Å². The summed E-state index contributed by atoms with van der Waals surface area (Å²) in [5.41, 5.74) is 2.32. The standard InChI is InChI=1S/C21H19FN2O4/c1-27-21-11-15(13-23-18-6-3-7-19(12-18)24(25)26)8-9-20(21)28-14-16-4-2-5-17(22)10-16/h2-12,23H,13-14H2,1H3. The molecule has 0 saturated heterocycles. The third-order valence-corrected chi connectivity index (χ3v) is 4.07. The normalized spacial score (nSPS) is 10.4. The van der Waals surface area contributed by atoms with Gasteiger partial charge in [0.2, 0.25) is 0 Å². The number of nitro benzene ring substituents is 1. The van der Waals surface area contributed by atoms with E-state index in [1.807, 2.05) is 12.1 Å². The first-order valence-corrected chi connectivity index (χ1v) is 8.57. The van der Waals surface area contributed by atoms with E-state index in [2.05, 4.69) is 5.32 Å². The maximum absolute atomic E-state index is 13.3. The quantitative estimate of drug-likeness (QED) is 0.441. The number of rotatable bonds is 8. The molecule has 0 saturated carbocycles. The van der Waals surface area contributed by atoms with E-state index < -0.39 is 4.92 Å². The lowest BCUT2D eigenvalue weighted by atomic mass is 10.2. The molecular formula is C21H19FN2O4. The minimum atomic E-state index is -0.432.